The molecule has 0 radical (unpaired) electrons. The van der Waals surface area contributed by atoms with Crippen molar-refractivity contribution in [3.8, 4) is 17.2 Å². The molecule has 0 spiro atoms. The molecule has 0 aliphatic rings. The van der Waals surface area contributed by atoms with E-state index in [1.807, 2.05) is 31.2 Å². The molecule has 0 aliphatic heterocycles. The molecule has 3 aromatic carbocycles. The third kappa shape index (κ3) is 5.29. The van der Waals surface area contributed by atoms with E-state index in [1.165, 1.54) is 12.1 Å². The number of carbonyl (C=O) groups excluding carboxylic acids is 1. The first-order chi connectivity index (χ1) is 14.5. The minimum atomic E-state index is -0.311. The second kappa shape index (κ2) is 9.78. The summed E-state index contributed by atoms with van der Waals surface area (Å²) >= 11 is 0. The molecule has 0 unspecified atom stereocenters. The lowest BCUT2D eigenvalue weighted by Gasteiger charge is -2.16. The zero-order valence-electron chi connectivity index (χ0n) is 17.1. The van der Waals surface area contributed by atoms with Crippen LogP contribution < -0.4 is 19.5 Å². The normalized spacial score (nSPS) is 11.5. The highest BCUT2D eigenvalue weighted by molar-refractivity contribution is 5.94. The molecule has 0 saturated heterocycles. The van der Waals surface area contributed by atoms with Crippen molar-refractivity contribution in [3.63, 3.8) is 0 Å². The van der Waals surface area contributed by atoms with E-state index in [2.05, 4.69) is 5.32 Å². The molecule has 0 heterocycles. The first kappa shape index (κ1) is 21.2. The Morgan fingerprint density at radius 3 is 2.23 bits per heavy atom. The number of halogens is 1. The maximum atomic E-state index is 13.1. The van der Waals surface area contributed by atoms with Crippen LogP contribution in [0, 0.1) is 5.82 Å². The highest BCUT2D eigenvalue weighted by Gasteiger charge is 2.14. The molecule has 0 aromatic heterocycles. The summed E-state index contributed by atoms with van der Waals surface area (Å²) in [6.45, 7) is 2.09. The molecule has 0 aliphatic carbocycles. The van der Waals surface area contributed by atoms with E-state index >= 15 is 0 Å². The van der Waals surface area contributed by atoms with Gasteiger partial charge in [0.2, 0.25) is 0 Å². The van der Waals surface area contributed by atoms with Gasteiger partial charge in [0, 0.05) is 11.1 Å². The smallest absolute Gasteiger partial charge is 0.251 e. The first-order valence-electron chi connectivity index (χ1n) is 9.50. The predicted octanol–water partition coefficient (Wildman–Crippen LogP) is 4.91. The van der Waals surface area contributed by atoms with Crippen LogP contribution in [0.4, 0.5) is 4.39 Å². The maximum absolute atomic E-state index is 13.1. The summed E-state index contributed by atoms with van der Waals surface area (Å²) < 4.78 is 29.5. The molecule has 1 amide bonds. The standard InChI is InChI=1S/C24H24FNO4/c1-16(17-4-7-20(25)8-5-17)26-24(27)18-6-13-23(29-3)19(14-18)15-30-22-11-9-21(28-2)10-12-22/h4-14,16H,15H2,1-3H3,(H,26,27)/t16-/m1/s1. The van der Waals surface area contributed by atoms with Gasteiger partial charge in [-0.3, -0.25) is 4.79 Å². The summed E-state index contributed by atoms with van der Waals surface area (Å²) in [7, 11) is 3.18. The molecule has 3 rings (SSSR count). The molecule has 1 N–H and O–H groups in total. The average molecular weight is 409 g/mol. The van der Waals surface area contributed by atoms with Crippen molar-refractivity contribution in [2.24, 2.45) is 0 Å². The van der Waals surface area contributed by atoms with Gasteiger partial charge in [0.1, 0.15) is 29.7 Å². The number of ether oxygens (including phenoxy) is 3. The molecule has 3 aromatic rings. The molecule has 0 fully saturated rings. The lowest BCUT2D eigenvalue weighted by atomic mass is 10.1. The summed E-state index contributed by atoms with van der Waals surface area (Å²) in [6.07, 6.45) is 0. The van der Waals surface area contributed by atoms with Gasteiger partial charge in [-0.15, -0.1) is 0 Å². The van der Waals surface area contributed by atoms with Crippen LogP contribution in [-0.2, 0) is 6.61 Å². The van der Waals surface area contributed by atoms with Crippen molar-refractivity contribution in [1.82, 2.24) is 5.32 Å². The molecular weight excluding hydrogens is 385 g/mol. The Labute approximate surface area is 175 Å². The third-order valence-electron chi connectivity index (χ3n) is 4.71. The van der Waals surface area contributed by atoms with E-state index in [1.54, 1.807) is 44.6 Å². The van der Waals surface area contributed by atoms with Gasteiger partial charge in [-0.25, -0.2) is 4.39 Å². The minimum Gasteiger partial charge on any atom is -0.497 e. The number of hydrogen-bond acceptors (Lipinski definition) is 4. The highest BCUT2D eigenvalue weighted by atomic mass is 19.1. The first-order valence-corrected chi connectivity index (χ1v) is 9.50. The van der Waals surface area contributed by atoms with Crippen LogP contribution in [0.3, 0.4) is 0 Å². The summed E-state index contributed by atoms with van der Waals surface area (Å²) in [5.74, 6) is 1.51. The van der Waals surface area contributed by atoms with Gasteiger partial charge in [-0.05, 0) is 67.1 Å². The highest BCUT2D eigenvalue weighted by Crippen LogP contribution is 2.24. The fourth-order valence-electron chi connectivity index (χ4n) is 2.98. The topological polar surface area (TPSA) is 56.8 Å². The molecule has 0 bridgehead atoms. The molecule has 6 heteroatoms. The number of amides is 1. The fourth-order valence-corrected chi connectivity index (χ4v) is 2.98. The van der Waals surface area contributed by atoms with Gasteiger partial charge in [-0.2, -0.15) is 0 Å². The average Bonchev–Trinajstić information content (AvgIpc) is 2.78. The van der Waals surface area contributed by atoms with Crippen molar-refractivity contribution in [3.05, 3.63) is 89.2 Å². The maximum Gasteiger partial charge on any atom is 0.251 e. The van der Waals surface area contributed by atoms with E-state index in [-0.39, 0.29) is 24.4 Å². The van der Waals surface area contributed by atoms with Gasteiger partial charge in [0.25, 0.3) is 5.91 Å². The van der Waals surface area contributed by atoms with Crippen molar-refractivity contribution < 1.29 is 23.4 Å². The van der Waals surface area contributed by atoms with Crippen molar-refractivity contribution in [2.45, 2.75) is 19.6 Å². The SMILES string of the molecule is COc1ccc(OCc2cc(C(=O)N[C@H](C)c3ccc(F)cc3)ccc2OC)cc1. The lowest BCUT2D eigenvalue weighted by molar-refractivity contribution is 0.0939. The minimum absolute atomic E-state index is 0.236. The molecule has 1 atom stereocenters. The molecule has 0 saturated carbocycles. The number of methoxy groups -OCH3 is 2. The summed E-state index contributed by atoms with van der Waals surface area (Å²) in [5, 5.41) is 2.93. The van der Waals surface area contributed by atoms with Crippen molar-refractivity contribution >= 4 is 5.91 Å². The number of carbonyl (C=O) groups is 1. The van der Waals surface area contributed by atoms with E-state index in [0.29, 0.717) is 17.1 Å². The number of benzene rings is 3. The Morgan fingerprint density at radius 2 is 1.60 bits per heavy atom. The van der Waals surface area contributed by atoms with E-state index in [4.69, 9.17) is 14.2 Å². The Morgan fingerprint density at radius 1 is 0.933 bits per heavy atom. The lowest BCUT2D eigenvalue weighted by Crippen LogP contribution is -2.26. The second-order valence-electron chi connectivity index (χ2n) is 6.74. The summed E-state index contributed by atoms with van der Waals surface area (Å²) in [5.41, 5.74) is 2.05. The quantitative estimate of drug-likeness (QED) is 0.574. The van der Waals surface area contributed by atoms with Gasteiger partial charge >= 0.3 is 0 Å². The molecule has 30 heavy (non-hydrogen) atoms. The Hall–Kier alpha value is -3.54. The van der Waals surface area contributed by atoms with Gasteiger partial charge in [0.05, 0.1) is 20.3 Å². The summed E-state index contributed by atoms with van der Waals surface area (Å²) in [4.78, 5) is 12.7. The van der Waals surface area contributed by atoms with E-state index in [0.717, 1.165) is 16.9 Å². The Bertz CT molecular complexity index is 987. The van der Waals surface area contributed by atoms with Crippen LogP contribution in [-0.4, -0.2) is 20.1 Å². The number of nitrogens with one attached hydrogen (secondary N) is 1. The second-order valence-corrected chi connectivity index (χ2v) is 6.74. The third-order valence-corrected chi connectivity index (χ3v) is 4.71. The van der Waals surface area contributed by atoms with Crippen LogP contribution in [0.1, 0.15) is 34.5 Å². The molecular formula is C24H24FNO4. The molecule has 156 valence electrons. The zero-order valence-corrected chi connectivity index (χ0v) is 17.1. The molecule has 5 nitrogen and oxygen atoms in total. The number of hydrogen-bond donors (Lipinski definition) is 1. The Kier molecular flexibility index (Phi) is 6.91. The van der Waals surface area contributed by atoms with Crippen LogP contribution >= 0.6 is 0 Å². The zero-order chi connectivity index (χ0) is 21.5. The summed E-state index contributed by atoms with van der Waals surface area (Å²) in [6, 6.07) is 18.2. The predicted molar refractivity (Wildman–Crippen MR) is 113 cm³/mol. The monoisotopic (exact) mass is 409 g/mol. The fraction of sp³-hybridized carbons (Fsp3) is 0.208. The van der Waals surface area contributed by atoms with E-state index < -0.39 is 0 Å². The van der Waals surface area contributed by atoms with Gasteiger partial charge < -0.3 is 19.5 Å². The van der Waals surface area contributed by atoms with Crippen molar-refractivity contribution in [2.75, 3.05) is 14.2 Å². The van der Waals surface area contributed by atoms with Crippen molar-refractivity contribution in [1.29, 1.82) is 0 Å². The van der Waals surface area contributed by atoms with Gasteiger partial charge in [-0.1, -0.05) is 12.1 Å². The van der Waals surface area contributed by atoms with Gasteiger partial charge in [0.15, 0.2) is 0 Å². The van der Waals surface area contributed by atoms with Crippen LogP contribution in [0.2, 0.25) is 0 Å². The Balaban J connectivity index is 1.70. The van der Waals surface area contributed by atoms with E-state index in [9.17, 15) is 9.18 Å². The van der Waals surface area contributed by atoms with Crippen LogP contribution in [0.15, 0.2) is 66.7 Å². The van der Waals surface area contributed by atoms with Crippen LogP contribution in [0.5, 0.6) is 17.2 Å². The largest absolute Gasteiger partial charge is 0.497 e. The number of rotatable bonds is 8. The van der Waals surface area contributed by atoms with Crippen LogP contribution in [0.25, 0.3) is 0 Å².